The van der Waals surface area contributed by atoms with Crippen LogP contribution in [0.1, 0.15) is 52.7 Å². The Labute approximate surface area is 280 Å². The van der Waals surface area contributed by atoms with Crippen LogP contribution in [0, 0.1) is 5.92 Å². The summed E-state index contributed by atoms with van der Waals surface area (Å²) < 4.78 is 53.7. The summed E-state index contributed by atoms with van der Waals surface area (Å²) in [5.41, 5.74) is 4.73. The average Bonchev–Trinajstić information content (AvgIpc) is 3.56. The Balaban J connectivity index is 1.68. The summed E-state index contributed by atoms with van der Waals surface area (Å²) in [6.45, 7) is 3.76. The van der Waals surface area contributed by atoms with Gasteiger partial charge in [0.2, 0.25) is 11.9 Å². The van der Waals surface area contributed by atoms with E-state index in [1.165, 1.54) is 6.92 Å². The number of fused-ring (bicyclic) bond motifs is 1. The highest BCUT2D eigenvalue weighted by Gasteiger charge is 2.46. The van der Waals surface area contributed by atoms with Gasteiger partial charge in [0.15, 0.2) is 17.4 Å². The maximum absolute atomic E-state index is 13.6. The summed E-state index contributed by atoms with van der Waals surface area (Å²) in [6, 6.07) is -1.35. The van der Waals surface area contributed by atoms with Gasteiger partial charge in [-0.1, -0.05) is 26.7 Å². The molecule has 0 aliphatic carbocycles. The zero-order valence-electron chi connectivity index (χ0n) is 26.5. The van der Waals surface area contributed by atoms with Gasteiger partial charge >= 0.3 is 21.5 Å². The monoisotopic (exact) mass is 745 g/mol. The van der Waals surface area contributed by atoms with Crippen molar-refractivity contribution in [3.8, 4) is 0 Å². The number of hydrogen-bond acceptors (Lipinski definition) is 15. The minimum atomic E-state index is -5.33. The van der Waals surface area contributed by atoms with Gasteiger partial charge in [0.25, 0.3) is 5.56 Å². The van der Waals surface area contributed by atoms with Crippen LogP contribution in [-0.2, 0) is 41.6 Å². The van der Waals surface area contributed by atoms with Crippen molar-refractivity contribution in [3.05, 3.63) is 16.7 Å². The van der Waals surface area contributed by atoms with Gasteiger partial charge in [-0.3, -0.25) is 33.0 Å². The number of alkyl halides is 1. The van der Waals surface area contributed by atoms with Crippen LogP contribution in [0.3, 0.4) is 0 Å². The summed E-state index contributed by atoms with van der Waals surface area (Å²) in [6.07, 6.45) is -1.65. The lowest BCUT2D eigenvalue weighted by Crippen LogP contribution is -2.36. The SMILES string of the molecule is CCCC(CCC)COC(=O)[C@H](C)NP(=O)(OCCNC(=O)CCl)OP(=O)(O)OCC1O[C@@H](n2cnc3c(=O)[nH]c(N)nc32)[C@H](O)[C@@H]1O. The number of nitrogens with zero attached hydrogens (tertiary/aromatic N) is 3. The maximum Gasteiger partial charge on any atom is 0.480 e. The number of aromatic amines is 1. The number of H-pyrrole nitrogens is 1. The number of imidazole rings is 1. The summed E-state index contributed by atoms with van der Waals surface area (Å²) in [4.78, 5) is 56.9. The van der Waals surface area contributed by atoms with Crippen LogP contribution in [0.2, 0.25) is 0 Å². The van der Waals surface area contributed by atoms with Crippen molar-refractivity contribution in [3.63, 3.8) is 0 Å². The van der Waals surface area contributed by atoms with E-state index in [0.29, 0.717) is 0 Å². The highest BCUT2D eigenvalue weighted by molar-refractivity contribution is 7.63. The topological polar surface area (TPSA) is 289 Å². The molecule has 23 heteroatoms. The second-order valence-electron chi connectivity index (χ2n) is 10.9. The molecular weight excluding hydrogens is 704 g/mol. The molecule has 3 rings (SSSR count). The third-order valence-corrected chi connectivity index (χ3v) is 10.7. The first-order valence-electron chi connectivity index (χ1n) is 15.1. The molecule has 1 aliphatic rings. The van der Waals surface area contributed by atoms with Crippen LogP contribution in [0.25, 0.3) is 11.2 Å². The van der Waals surface area contributed by atoms with E-state index in [4.69, 9.17) is 40.2 Å². The molecule has 0 bridgehead atoms. The summed E-state index contributed by atoms with van der Waals surface area (Å²) in [5.74, 6) is -1.91. The van der Waals surface area contributed by atoms with Gasteiger partial charge in [0.05, 0.1) is 26.1 Å². The van der Waals surface area contributed by atoms with Crippen LogP contribution in [-0.4, -0.2) is 103 Å². The molecule has 3 unspecified atom stereocenters. The lowest BCUT2D eigenvalue weighted by molar-refractivity contribution is -0.146. The molecule has 1 fully saturated rings. The van der Waals surface area contributed by atoms with E-state index in [1.807, 2.05) is 13.8 Å². The molecule has 48 heavy (non-hydrogen) atoms. The fourth-order valence-corrected chi connectivity index (χ4v) is 7.85. The van der Waals surface area contributed by atoms with Gasteiger partial charge in [-0.05, 0) is 25.7 Å². The molecule has 0 radical (unpaired) electrons. The molecular formula is C25H42ClN7O13P2. The molecule has 2 aromatic rings. The van der Waals surface area contributed by atoms with E-state index in [-0.39, 0.29) is 42.1 Å². The number of phosphoric acid groups is 1. The number of phosphoric ester groups is 1. The number of carbonyl (C=O) groups excluding carboxylic acids is 2. The van der Waals surface area contributed by atoms with Crippen LogP contribution in [0.15, 0.2) is 11.1 Å². The molecule has 272 valence electrons. The molecule has 7 atom stereocenters. The number of rotatable bonds is 20. The van der Waals surface area contributed by atoms with Crippen molar-refractivity contribution in [2.45, 2.75) is 77.0 Å². The number of halogens is 1. The van der Waals surface area contributed by atoms with Crippen molar-refractivity contribution >= 4 is 56.2 Å². The first-order chi connectivity index (χ1) is 22.6. The number of nitrogens with one attached hydrogen (secondary N) is 3. The normalized spacial score (nSPS) is 22.8. The first kappa shape index (κ1) is 40.0. The number of ether oxygens (including phenoxy) is 2. The second-order valence-corrected chi connectivity index (χ2v) is 14.5. The van der Waals surface area contributed by atoms with E-state index < -0.39 is 76.8 Å². The standard InChI is InChI=1S/C25H42ClN7O13P2/c1-4-6-15(7-5-2)11-42-24(38)14(3)32-47(39,43-9-8-28-17(34)10-26)46-48(40,41)44-12-16-19(35)20(36)23(45-16)33-13-29-18-21(33)30-25(27)31-22(18)37/h13-16,19-20,23,35-36H,4-12H2,1-3H3,(H,28,34)(H,32,39)(H,40,41)(H3,27,30,31,37)/t14-,16?,19+,20+,23+,47?/m0/s1. The number of anilines is 1. The Morgan fingerprint density at radius 2 is 1.90 bits per heavy atom. The van der Waals surface area contributed by atoms with Crippen LogP contribution in [0.5, 0.6) is 0 Å². The molecule has 1 amide bonds. The third kappa shape index (κ3) is 11.0. The van der Waals surface area contributed by atoms with Gasteiger partial charge in [-0.25, -0.2) is 19.2 Å². The van der Waals surface area contributed by atoms with Gasteiger partial charge in [-0.15, -0.1) is 11.6 Å². The number of aliphatic hydroxyl groups excluding tert-OH is 2. The lowest BCUT2D eigenvalue weighted by Gasteiger charge is -2.25. The Morgan fingerprint density at radius 3 is 2.54 bits per heavy atom. The van der Waals surface area contributed by atoms with E-state index in [1.54, 1.807) is 0 Å². The van der Waals surface area contributed by atoms with E-state index in [2.05, 4.69) is 25.4 Å². The quantitative estimate of drug-likeness (QED) is 0.0424. The van der Waals surface area contributed by atoms with Crippen molar-refractivity contribution < 1.29 is 56.7 Å². The van der Waals surface area contributed by atoms with Gasteiger partial charge < -0.3 is 35.6 Å². The molecule has 20 nitrogen and oxygen atoms in total. The fraction of sp³-hybridized carbons (Fsp3) is 0.720. The maximum atomic E-state index is 13.6. The number of nitrogens with two attached hydrogens (primary N) is 1. The van der Waals surface area contributed by atoms with Crippen molar-refractivity contribution in [1.29, 1.82) is 0 Å². The number of aromatic nitrogens is 4. The summed E-state index contributed by atoms with van der Waals surface area (Å²) in [5, 5.41) is 25.8. The number of amides is 1. The van der Waals surface area contributed by atoms with E-state index >= 15 is 0 Å². The first-order valence-corrected chi connectivity index (χ1v) is 18.6. The third-order valence-electron chi connectivity index (χ3n) is 7.04. The predicted molar refractivity (Wildman–Crippen MR) is 169 cm³/mol. The van der Waals surface area contributed by atoms with Crippen molar-refractivity contribution in [1.82, 2.24) is 29.9 Å². The number of hydrogen-bond donors (Lipinski definition) is 7. The minimum absolute atomic E-state index is 0.0736. The van der Waals surface area contributed by atoms with Crippen molar-refractivity contribution in [2.75, 3.05) is 38.0 Å². The van der Waals surface area contributed by atoms with Gasteiger partial charge in [0.1, 0.15) is 30.2 Å². The molecule has 3 heterocycles. The zero-order chi connectivity index (χ0) is 35.6. The lowest BCUT2D eigenvalue weighted by atomic mass is 9.99. The Bertz CT molecular complexity index is 1540. The number of esters is 1. The van der Waals surface area contributed by atoms with Crippen LogP contribution >= 0.6 is 27.2 Å². The molecule has 8 N–H and O–H groups in total. The molecule has 0 spiro atoms. The van der Waals surface area contributed by atoms with E-state index in [9.17, 15) is 38.6 Å². The number of nitrogen functional groups attached to an aromatic ring is 1. The Hall–Kier alpha value is -2.48. The van der Waals surface area contributed by atoms with Gasteiger partial charge in [0, 0.05) is 6.54 Å². The van der Waals surface area contributed by atoms with E-state index in [0.717, 1.165) is 36.6 Å². The molecule has 0 aromatic carbocycles. The number of carbonyl (C=O) groups is 2. The summed E-state index contributed by atoms with van der Waals surface area (Å²) >= 11 is 5.43. The minimum Gasteiger partial charge on any atom is -0.464 e. The second kappa shape index (κ2) is 18.0. The largest absolute Gasteiger partial charge is 0.480 e. The smallest absolute Gasteiger partial charge is 0.464 e. The number of aliphatic hydroxyl groups is 2. The van der Waals surface area contributed by atoms with Crippen LogP contribution < -0.4 is 21.7 Å². The Morgan fingerprint density at radius 1 is 1.21 bits per heavy atom. The Kier molecular flexibility index (Phi) is 14.9. The zero-order valence-corrected chi connectivity index (χ0v) is 29.1. The highest BCUT2D eigenvalue weighted by atomic mass is 35.5. The summed E-state index contributed by atoms with van der Waals surface area (Å²) in [7, 11) is -10.2. The van der Waals surface area contributed by atoms with Gasteiger partial charge in [-0.2, -0.15) is 9.29 Å². The fourth-order valence-electron chi connectivity index (χ4n) is 4.78. The average molecular weight is 746 g/mol. The predicted octanol–water partition coefficient (Wildman–Crippen LogP) is 0.672. The molecule has 1 aliphatic heterocycles. The van der Waals surface area contributed by atoms with Crippen molar-refractivity contribution in [2.24, 2.45) is 5.92 Å². The highest BCUT2D eigenvalue weighted by Crippen LogP contribution is 2.61. The molecule has 2 aromatic heterocycles. The molecule has 1 saturated heterocycles. The van der Waals surface area contributed by atoms with Crippen LogP contribution in [0.4, 0.5) is 5.95 Å². The molecule has 0 saturated carbocycles.